The molecule has 1 rings (SSSR count). The van der Waals surface area contributed by atoms with E-state index in [0.29, 0.717) is 12.1 Å². The molecule has 1 aromatic rings. The summed E-state index contributed by atoms with van der Waals surface area (Å²) in [5.74, 6) is 0. The fourth-order valence-corrected chi connectivity index (χ4v) is 2.59. The van der Waals surface area contributed by atoms with Crippen LogP contribution in [0.2, 0.25) is 0 Å². The highest BCUT2D eigenvalue weighted by Gasteiger charge is 2.11. The van der Waals surface area contributed by atoms with E-state index >= 15 is 0 Å². The molecule has 1 nitrogen and oxygen atoms in total. The minimum absolute atomic E-state index is 0.449. The molecule has 1 heterocycles. The van der Waals surface area contributed by atoms with Crippen molar-refractivity contribution >= 4 is 11.3 Å². The Morgan fingerprint density at radius 2 is 2.29 bits per heavy atom. The minimum atomic E-state index is 0.449. The third kappa shape index (κ3) is 2.96. The third-order valence-electron chi connectivity index (χ3n) is 2.35. The summed E-state index contributed by atoms with van der Waals surface area (Å²) >= 11 is 1.83. The van der Waals surface area contributed by atoms with Crippen molar-refractivity contribution in [3.63, 3.8) is 0 Å². The van der Waals surface area contributed by atoms with E-state index in [2.05, 4.69) is 44.1 Å². The zero-order valence-electron chi connectivity index (χ0n) is 9.21. The summed E-state index contributed by atoms with van der Waals surface area (Å²) in [6.07, 6.45) is 2.99. The van der Waals surface area contributed by atoms with Gasteiger partial charge in [-0.1, -0.05) is 6.08 Å². The molecule has 0 saturated heterocycles. The number of thiophene rings is 1. The maximum Gasteiger partial charge on any atom is 0.0390 e. The van der Waals surface area contributed by atoms with E-state index in [9.17, 15) is 0 Å². The molecule has 0 saturated carbocycles. The van der Waals surface area contributed by atoms with Crippen molar-refractivity contribution in [2.24, 2.45) is 0 Å². The van der Waals surface area contributed by atoms with Gasteiger partial charge in [0.15, 0.2) is 0 Å². The Balaban J connectivity index is 2.54. The minimum Gasteiger partial charge on any atom is -0.307 e. The molecular formula is C12H19NS. The zero-order valence-corrected chi connectivity index (χ0v) is 10.0. The molecule has 2 unspecified atom stereocenters. The molecule has 2 heteroatoms. The van der Waals surface area contributed by atoms with E-state index < -0.39 is 0 Å². The van der Waals surface area contributed by atoms with Gasteiger partial charge in [-0.05, 0) is 44.2 Å². The smallest absolute Gasteiger partial charge is 0.0390 e. The molecule has 14 heavy (non-hydrogen) atoms. The first-order valence-corrected chi connectivity index (χ1v) is 5.94. The Hall–Kier alpha value is -0.600. The van der Waals surface area contributed by atoms with Crippen molar-refractivity contribution in [3.05, 3.63) is 34.5 Å². The highest BCUT2D eigenvalue weighted by molar-refractivity contribution is 7.10. The van der Waals surface area contributed by atoms with Crippen molar-refractivity contribution in [2.75, 3.05) is 0 Å². The van der Waals surface area contributed by atoms with Crippen LogP contribution in [0.25, 0.3) is 0 Å². The Labute approximate surface area is 90.9 Å². The van der Waals surface area contributed by atoms with E-state index in [1.165, 1.54) is 10.4 Å². The first-order valence-electron chi connectivity index (χ1n) is 5.06. The van der Waals surface area contributed by atoms with Crippen LogP contribution in [-0.4, -0.2) is 6.04 Å². The van der Waals surface area contributed by atoms with Crippen LogP contribution in [-0.2, 0) is 0 Å². The lowest BCUT2D eigenvalue weighted by Crippen LogP contribution is -2.28. The Morgan fingerprint density at radius 1 is 1.57 bits per heavy atom. The van der Waals surface area contributed by atoms with Gasteiger partial charge in [0.1, 0.15) is 0 Å². The normalized spacial score (nSPS) is 15.1. The van der Waals surface area contributed by atoms with Crippen LogP contribution < -0.4 is 5.32 Å². The molecule has 0 aliphatic carbocycles. The second-order valence-corrected chi connectivity index (χ2v) is 4.73. The van der Waals surface area contributed by atoms with Crippen LogP contribution >= 0.6 is 11.3 Å². The molecule has 1 N–H and O–H groups in total. The number of aryl methyl sites for hydroxylation is 1. The Kier molecular flexibility index (Phi) is 4.36. The van der Waals surface area contributed by atoms with Crippen molar-refractivity contribution < 1.29 is 0 Å². The topological polar surface area (TPSA) is 12.0 Å². The van der Waals surface area contributed by atoms with Gasteiger partial charge in [-0.15, -0.1) is 17.9 Å². The van der Waals surface area contributed by atoms with E-state index in [1.807, 2.05) is 17.4 Å². The molecule has 78 valence electrons. The second kappa shape index (κ2) is 5.32. The van der Waals surface area contributed by atoms with Gasteiger partial charge in [-0.25, -0.2) is 0 Å². The number of rotatable bonds is 5. The average molecular weight is 209 g/mol. The number of nitrogens with one attached hydrogen (secondary N) is 1. The van der Waals surface area contributed by atoms with Crippen LogP contribution in [0.15, 0.2) is 24.1 Å². The van der Waals surface area contributed by atoms with Gasteiger partial charge in [0.25, 0.3) is 0 Å². The lowest BCUT2D eigenvalue weighted by atomic mass is 10.1. The van der Waals surface area contributed by atoms with E-state index in [4.69, 9.17) is 0 Å². The third-order valence-corrected chi connectivity index (χ3v) is 3.55. The van der Waals surface area contributed by atoms with E-state index in [0.717, 1.165) is 6.42 Å². The van der Waals surface area contributed by atoms with E-state index in [1.54, 1.807) is 0 Å². The summed E-state index contributed by atoms with van der Waals surface area (Å²) in [6.45, 7) is 10.3. The van der Waals surface area contributed by atoms with Crippen LogP contribution in [0.1, 0.15) is 36.8 Å². The van der Waals surface area contributed by atoms with Crippen molar-refractivity contribution in [3.8, 4) is 0 Å². The van der Waals surface area contributed by atoms with Gasteiger partial charge in [0.2, 0.25) is 0 Å². The van der Waals surface area contributed by atoms with Crippen LogP contribution in [0.5, 0.6) is 0 Å². The molecule has 0 radical (unpaired) electrons. The van der Waals surface area contributed by atoms with E-state index in [-0.39, 0.29) is 0 Å². The molecule has 0 aliphatic rings. The maximum atomic E-state index is 3.75. The second-order valence-electron chi connectivity index (χ2n) is 3.78. The van der Waals surface area contributed by atoms with Crippen LogP contribution in [0.3, 0.4) is 0 Å². The predicted molar refractivity (Wildman–Crippen MR) is 64.9 cm³/mol. The summed E-state index contributed by atoms with van der Waals surface area (Å²) < 4.78 is 0. The average Bonchev–Trinajstić information content (AvgIpc) is 2.51. The standard InChI is InChI=1S/C12H19NS/c1-5-6-10(3)13-11(4)12-9(2)7-8-14-12/h5,7-8,10-11,13H,1,6H2,2-4H3. The first kappa shape index (κ1) is 11.5. The Morgan fingerprint density at radius 3 is 2.79 bits per heavy atom. The predicted octanol–water partition coefficient (Wildman–Crippen LogP) is 3.67. The molecule has 0 spiro atoms. The highest BCUT2D eigenvalue weighted by atomic mass is 32.1. The molecule has 1 aromatic heterocycles. The lowest BCUT2D eigenvalue weighted by Gasteiger charge is -2.18. The largest absolute Gasteiger partial charge is 0.307 e. The monoisotopic (exact) mass is 209 g/mol. The molecule has 0 aliphatic heterocycles. The van der Waals surface area contributed by atoms with Gasteiger partial charge in [-0.2, -0.15) is 0 Å². The van der Waals surface area contributed by atoms with Gasteiger partial charge < -0.3 is 5.32 Å². The van der Waals surface area contributed by atoms with Crippen LogP contribution in [0, 0.1) is 6.92 Å². The van der Waals surface area contributed by atoms with Gasteiger partial charge >= 0.3 is 0 Å². The molecule has 0 bridgehead atoms. The SMILES string of the molecule is C=CCC(C)NC(C)c1sccc1C. The van der Waals surface area contributed by atoms with Gasteiger partial charge in [0.05, 0.1) is 0 Å². The molecule has 0 aromatic carbocycles. The van der Waals surface area contributed by atoms with Gasteiger partial charge in [-0.3, -0.25) is 0 Å². The fourth-order valence-electron chi connectivity index (χ4n) is 1.65. The van der Waals surface area contributed by atoms with Crippen molar-refractivity contribution in [1.82, 2.24) is 5.32 Å². The molecule has 0 fully saturated rings. The number of hydrogen-bond acceptors (Lipinski definition) is 2. The van der Waals surface area contributed by atoms with Crippen molar-refractivity contribution in [2.45, 2.75) is 39.3 Å². The quantitative estimate of drug-likeness (QED) is 0.730. The molecule has 0 amide bonds. The lowest BCUT2D eigenvalue weighted by molar-refractivity contribution is 0.486. The number of hydrogen-bond donors (Lipinski definition) is 1. The highest BCUT2D eigenvalue weighted by Crippen LogP contribution is 2.23. The molecular weight excluding hydrogens is 190 g/mol. The Bertz CT molecular complexity index is 290. The summed E-state index contributed by atoms with van der Waals surface area (Å²) in [5.41, 5.74) is 1.39. The fraction of sp³-hybridized carbons (Fsp3) is 0.500. The first-order chi connectivity index (χ1) is 6.65. The van der Waals surface area contributed by atoms with Crippen LogP contribution in [0.4, 0.5) is 0 Å². The van der Waals surface area contributed by atoms with Gasteiger partial charge in [0, 0.05) is 17.0 Å². The zero-order chi connectivity index (χ0) is 10.6. The molecule has 2 atom stereocenters. The summed E-state index contributed by atoms with van der Waals surface area (Å²) in [4.78, 5) is 1.45. The maximum absolute atomic E-state index is 3.75. The summed E-state index contributed by atoms with van der Waals surface area (Å²) in [6, 6.07) is 3.13. The summed E-state index contributed by atoms with van der Waals surface area (Å²) in [5, 5.41) is 5.72. The summed E-state index contributed by atoms with van der Waals surface area (Å²) in [7, 11) is 0. The van der Waals surface area contributed by atoms with Crippen molar-refractivity contribution in [1.29, 1.82) is 0 Å².